The van der Waals surface area contributed by atoms with Crippen molar-refractivity contribution in [2.45, 2.75) is 51.6 Å². The van der Waals surface area contributed by atoms with E-state index in [2.05, 4.69) is 27.8 Å². The van der Waals surface area contributed by atoms with Gasteiger partial charge in [-0.25, -0.2) is 4.39 Å². The summed E-state index contributed by atoms with van der Waals surface area (Å²) in [5.74, 6) is 5.14. The molecule has 0 radical (unpaired) electrons. The van der Waals surface area contributed by atoms with E-state index in [-0.39, 0.29) is 6.29 Å². The van der Waals surface area contributed by atoms with Crippen molar-refractivity contribution in [2.24, 2.45) is 0 Å². The molecule has 120 valence electrons. The van der Waals surface area contributed by atoms with Gasteiger partial charge in [0.25, 0.3) is 0 Å². The Bertz CT molecular complexity index is 578. The van der Waals surface area contributed by atoms with Crippen LogP contribution in [-0.4, -0.2) is 23.6 Å². The number of hydrogen-bond donors (Lipinski definition) is 1. The number of benzene rings is 1. The standard InChI is InChI=1S/C17H20BrFO3/c1-17(2,20)7-6-12-10-15(19)14(18)9-13(12)11-22-16-5-3-4-8-21-16/h9-10,16,20H,3-5,8,11H2,1-2H3. The van der Waals surface area contributed by atoms with E-state index in [9.17, 15) is 9.50 Å². The molecular formula is C17H20BrFO3. The molecule has 1 aromatic rings. The topological polar surface area (TPSA) is 38.7 Å². The Kier molecular flexibility index (Phi) is 5.99. The Morgan fingerprint density at radius 1 is 1.45 bits per heavy atom. The highest BCUT2D eigenvalue weighted by atomic mass is 79.9. The molecule has 1 aromatic carbocycles. The lowest BCUT2D eigenvalue weighted by atomic mass is 10.1. The number of rotatable bonds is 3. The first-order valence-electron chi connectivity index (χ1n) is 7.32. The lowest BCUT2D eigenvalue weighted by Gasteiger charge is -2.23. The van der Waals surface area contributed by atoms with Gasteiger partial charge in [-0.1, -0.05) is 11.8 Å². The summed E-state index contributed by atoms with van der Waals surface area (Å²) in [5.41, 5.74) is 0.145. The van der Waals surface area contributed by atoms with Gasteiger partial charge in [-0.3, -0.25) is 0 Å². The number of hydrogen-bond acceptors (Lipinski definition) is 3. The third kappa shape index (κ3) is 5.36. The molecule has 1 saturated heterocycles. The van der Waals surface area contributed by atoms with Gasteiger partial charge in [0.05, 0.1) is 11.1 Å². The van der Waals surface area contributed by atoms with Gasteiger partial charge < -0.3 is 14.6 Å². The molecule has 0 amide bonds. The summed E-state index contributed by atoms with van der Waals surface area (Å²) in [5, 5.41) is 9.70. The van der Waals surface area contributed by atoms with Crippen molar-refractivity contribution in [2.75, 3.05) is 6.61 Å². The number of ether oxygens (including phenoxy) is 2. The van der Waals surface area contributed by atoms with E-state index in [1.807, 2.05) is 0 Å². The molecule has 1 N–H and O–H groups in total. The van der Waals surface area contributed by atoms with Gasteiger partial charge in [0.1, 0.15) is 11.4 Å². The fourth-order valence-corrected chi connectivity index (χ4v) is 2.46. The predicted octanol–water partition coefficient (Wildman–Crippen LogP) is 3.75. The number of aliphatic hydroxyl groups is 1. The van der Waals surface area contributed by atoms with Gasteiger partial charge in [-0.2, -0.15) is 0 Å². The molecule has 2 rings (SSSR count). The van der Waals surface area contributed by atoms with E-state index in [0.717, 1.165) is 24.8 Å². The summed E-state index contributed by atoms with van der Waals surface area (Å²) in [6.07, 6.45) is 2.80. The average Bonchev–Trinajstić information content (AvgIpc) is 2.47. The Morgan fingerprint density at radius 3 is 2.86 bits per heavy atom. The maximum atomic E-state index is 13.7. The smallest absolute Gasteiger partial charge is 0.158 e. The maximum Gasteiger partial charge on any atom is 0.158 e. The van der Waals surface area contributed by atoms with Crippen LogP contribution in [0.25, 0.3) is 0 Å². The Morgan fingerprint density at radius 2 is 2.23 bits per heavy atom. The van der Waals surface area contributed by atoms with Crippen molar-refractivity contribution in [1.82, 2.24) is 0 Å². The highest BCUT2D eigenvalue weighted by Crippen LogP contribution is 2.23. The fourth-order valence-electron chi connectivity index (χ4n) is 2.07. The van der Waals surface area contributed by atoms with Crippen LogP contribution in [0.1, 0.15) is 44.2 Å². The molecular weight excluding hydrogens is 351 g/mol. The third-order valence-electron chi connectivity index (χ3n) is 3.21. The molecule has 5 heteroatoms. The Balaban J connectivity index is 2.16. The van der Waals surface area contributed by atoms with E-state index in [0.29, 0.717) is 23.2 Å². The molecule has 1 unspecified atom stereocenters. The van der Waals surface area contributed by atoms with E-state index in [4.69, 9.17) is 9.47 Å². The summed E-state index contributed by atoms with van der Waals surface area (Å²) in [7, 11) is 0. The molecule has 0 bridgehead atoms. The van der Waals surface area contributed by atoms with Crippen molar-refractivity contribution in [3.63, 3.8) is 0 Å². The van der Waals surface area contributed by atoms with Crippen LogP contribution in [0.15, 0.2) is 16.6 Å². The minimum Gasteiger partial charge on any atom is -0.378 e. The van der Waals surface area contributed by atoms with E-state index in [1.165, 1.54) is 6.07 Å². The van der Waals surface area contributed by atoms with Crippen LogP contribution in [0, 0.1) is 17.7 Å². The van der Waals surface area contributed by atoms with Crippen LogP contribution in [0.5, 0.6) is 0 Å². The highest BCUT2D eigenvalue weighted by Gasteiger charge is 2.16. The zero-order valence-corrected chi connectivity index (χ0v) is 14.4. The average molecular weight is 371 g/mol. The van der Waals surface area contributed by atoms with Crippen LogP contribution in [-0.2, 0) is 16.1 Å². The van der Waals surface area contributed by atoms with E-state index >= 15 is 0 Å². The van der Waals surface area contributed by atoms with Crippen LogP contribution >= 0.6 is 15.9 Å². The summed E-state index contributed by atoms with van der Waals surface area (Å²) in [6, 6.07) is 3.01. The van der Waals surface area contributed by atoms with Crippen LogP contribution in [0.3, 0.4) is 0 Å². The lowest BCUT2D eigenvalue weighted by molar-refractivity contribution is -0.168. The predicted molar refractivity (Wildman–Crippen MR) is 85.7 cm³/mol. The maximum absolute atomic E-state index is 13.7. The summed E-state index contributed by atoms with van der Waals surface area (Å²) >= 11 is 3.18. The summed E-state index contributed by atoms with van der Waals surface area (Å²) in [4.78, 5) is 0. The second kappa shape index (κ2) is 7.56. The van der Waals surface area contributed by atoms with Crippen LogP contribution in [0.4, 0.5) is 4.39 Å². The first kappa shape index (κ1) is 17.4. The van der Waals surface area contributed by atoms with Crippen molar-refractivity contribution in [3.05, 3.63) is 33.5 Å². The Hall–Kier alpha value is -0.930. The second-order valence-electron chi connectivity index (χ2n) is 5.84. The van der Waals surface area contributed by atoms with Gasteiger partial charge in [0.2, 0.25) is 0 Å². The first-order chi connectivity index (χ1) is 10.3. The van der Waals surface area contributed by atoms with Crippen molar-refractivity contribution < 1.29 is 19.0 Å². The molecule has 0 spiro atoms. The molecule has 1 aliphatic heterocycles. The first-order valence-corrected chi connectivity index (χ1v) is 8.11. The SMILES string of the molecule is CC(C)(O)C#Cc1cc(F)c(Br)cc1COC1CCCCO1. The molecule has 0 aliphatic carbocycles. The van der Waals surface area contributed by atoms with Gasteiger partial charge in [-0.05, 0) is 66.7 Å². The lowest BCUT2D eigenvalue weighted by Crippen LogP contribution is -2.22. The molecule has 22 heavy (non-hydrogen) atoms. The van der Waals surface area contributed by atoms with E-state index < -0.39 is 11.4 Å². The summed E-state index contributed by atoms with van der Waals surface area (Å²) < 4.78 is 25.4. The quantitative estimate of drug-likeness (QED) is 0.823. The highest BCUT2D eigenvalue weighted by molar-refractivity contribution is 9.10. The minimum absolute atomic E-state index is 0.215. The van der Waals surface area contributed by atoms with E-state index in [1.54, 1.807) is 19.9 Å². The van der Waals surface area contributed by atoms with Crippen molar-refractivity contribution >= 4 is 15.9 Å². The van der Waals surface area contributed by atoms with Crippen molar-refractivity contribution in [1.29, 1.82) is 0 Å². The molecule has 1 aliphatic rings. The third-order valence-corrected chi connectivity index (χ3v) is 3.82. The minimum atomic E-state index is -1.13. The molecule has 1 atom stereocenters. The monoisotopic (exact) mass is 370 g/mol. The zero-order chi connectivity index (χ0) is 16.2. The zero-order valence-electron chi connectivity index (χ0n) is 12.8. The van der Waals surface area contributed by atoms with Gasteiger partial charge in [0, 0.05) is 12.2 Å². The van der Waals surface area contributed by atoms with Crippen LogP contribution in [0.2, 0.25) is 0 Å². The van der Waals surface area contributed by atoms with Gasteiger partial charge in [-0.15, -0.1) is 0 Å². The largest absolute Gasteiger partial charge is 0.378 e. The summed E-state index contributed by atoms with van der Waals surface area (Å²) in [6.45, 7) is 4.17. The number of halogens is 2. The normalized spacial score (nSPS) is 18.7. The molecule has 0 saturated carbocycles. The van der Waals surface area contributed by atoms with Crippen molar-refractivity contribution in [3.8, 4) is 11.8 Å². The fraction of sp³-hybridized carbons (Fsp3) is 0.529. The molecule has 1 fully saturated rings. The molecule has 1 heterocycles. The molecule has 3 nitrogen and oxygen atoms in total. The van der Waals surface area contributed by atoms with Gasteiger partial charge in [0.15, 0.2) is 6.29 Å². The van der Waals surface area contributed by atoms with Gasteiger partial charge >= 0.3 is 0 Å². The molecule has 0 aromatic heterocycles. The Labute approximate surface area is 138 Å². The van der Waals surface area contributed by atoms with Crippen LogP contribution < -0.4 is 0 Å². The second-order valence-corrected chi connectivity index (χ2v) is 6.69.